The van der Waals surface area contributed by atoms with Gasteiger partial charge in [-0.05, 0) is 25.8 Å². The normalized spacial score (nSPS) is 18.2. The van der Waals surface area contributed by atoms with Crippen LogP contribution < -0.4 is 5.32 Å². The number of nitrogens with one attached hydrogen (secondary N) is 1. The molecule has 1 N–H and O–H groups in total. The van der Waals surface area contributed by atoms with E-state index in [9.17, 15) is 4.79 Å². The van der Waals surface area contributed by atoms with E-state index in [0.717, 1.165) is 12.8 Å². The van der Waals surface area contributed by atoms with Gasteiger partial charge in [0, 0.05) is 18.4 Å². The van der Waals surface area contributed by atoms with Gasteiger partial charge in [-0.25, -0.2) is 0 Å². The summed E-state index contributed by atoms with van der Waals surface area (Å²) in [6.07, 6.45) is 5.73. The van der Waals surface area contributed by atoms with Crippen molar-refractivity contribution in [2.75, 3.05) is 0 Å². The van der Waals surface area contributed by atoms with Crippen LogP contribution in [0.3, 0.4) is 0 Å². The number of rotatable bonds is 3. The molecule has 0 spiro atoms. The first kappa shape index (κ1) is 8.29. The summed E-state index contributed by atoms with van der Waals surface area (Å²) in [6.45, 7) is 1.85. The van der Waals surface area contributed by atoms with Crippen LogP contribution in [0, 0.1) is 0 Å². The Balaban J connectivity index is 1.95. The van der Waals surface area contributed by atoms with E-state index in [4.69, 9.17) is 0 Å². The van der Waals surface area contributed by atoms with E-state index in [1.165, 1.54) is 0 Å². The number of carbonyl (C=O) groups is 1. The molecular weight excluding hydrogens is 166 g/mol. The molecule has 1 aliphatic carbocycles. The standard InChI is InChI=1S/C9H13N3O/c1-7(12-6-2-5-10-12)9(13)11-8-3-4-8/h2,5-8H,3-4H2,1H3,(H,11,13). The van der Waals surface area contributed by atoms with E-state index in [1.807, 2.05) is 13.0 Å². The maximum absolute atomic E-state index is 11.5. The Morgan fingerprint density at radius 1 is 1.69 bits per heavy atom. The topological polar surface area (TPSA) is 46.9 Å². The number of amides is 1. The summed E-state index contributed by atoms with van der Waals surface area (Å²) < 4.78 is 1.66. The second-order valence-electron chi connectivity index (χ2n) is 3.44. The number of nitrogens with zero attached hydrogens (tertiary/aromatic N) is 2. The van der Waals surface area contributed by atoms with Gasteiger partial charge in [0.15, 0.2) is 0 Å². The Hall–Kier alpha value is -1.32. The van der Waals surface area contributed by atoms with Crippen LogP contribution in [0.4, 0.5) is 0 Å². The molecule has 0 saturated heterocycles. The number of hydrogen-bond donors (Lipinski definition) is 1. The fourth-order valence-electron chi connectivity index (χ4n) is 1.18. The van der Waals surface area contributed by atoms with Gasteiger partial charge < -0.3 is 5.32 Å². The Kier molecular flexibility index (Phi) is 2.04. The van der Waals surface area contributed by atoms with E-state index >= 15 is 0 Å². The summed E-state index contributed by atoms with van der Waals surface area (Å²) in [6, 6.07) is 2.04. The molecule has 13 heavy (non-hydrogen) atoms. The highest BCUT2D eigenvalue weighted by molar-refractivity contribution is 5.80. The van der Waals surface area contributed by atoms with Crippen molar-refractivity contribution in [3.05, 3.63) is 18.5 Å². The van der Waals surface area contributed by atoms with Gasteiger partial charge in [-0.3, -0.25) is 9.48 Å². The minimum Gasteiger partial charge on any atom is -0.352 e. The van der Waals surface area contributed by atoms with E-state index in [1.54, 1.807) is 17.1 Å². The van der Waals surface area contributed by atoms with Crippen LogP contribution in [-0.2, 0) is 4.79 Å². The second kappa shape index (κ2) is 3.20. The van der Waals surface area contributed by atoms with Crippen LogP contribution in [-0.4, -0.2) is 21.7 Å². The molecule has 0 aliphatic heterocycles. The quantitative estimate of drug-likeness (QED) is 0.743. The summed E-state index contributed by atoms with van der Waals surface area (Å²) in [5.41, 5.74) is 0. The van der Waals surface area contributed by atoms with Gasteiger partial charge in [-0.1, -0.05) is 0 Å². The van der Waals surface area contributed by atoms with Crippen molar-refractivity contribution in [2.24, 2.45) is 0 Å². The third-order valence-electron chi connectivity index (χ3n) is 2.22. The highest BCUT2D eigenvalue weighted by Gasteiger charge is 2.26. The fraction of sp³-hybridized carbons (Fsp3) is 0.556. The zero-order valence-corrected chi connectivity index (χ0v) is 7.60. The molecule has 0 aromatic carbocycles. The predicted octanol–water partition coefficient (Wildman–Crippen LogP) is 0.723. The van der Waals surface area contributed by atoms with Crippen LogP contribution >= 0.6 is 0 Å². The first-order chi connectivity index (χ1) is 6.27. The van der Waals surface area contributed by atoms with Crippen LogP contribution in [0.2, 0.25) is 0 Å². The van der Waals surface area contributed by atoms with Gasteiger partial charge >= 0.3 is 0 Å². The first-order valence-electron chi connectivity index (χ1n) is 4.57. The maximum Gasteiger partial charge on any atom is 0.244 e. The predicted molar refractivity (Wildman–Crippen MR) is 48.1 cm³/mol. The molecular formula is C9H13N3O. The van der Waals surface area contributed by atoms with Gasteiger partial charge in [-0.2, -0.15) is 5.10 Å². The molecule has 1 heterocycles. The molecule has 1 unspecified atom stereocenters. The molecule has 0 bridgehead atoms. The smallest absolute Gasteiger partial charge is 0.244 e. The zero-order valence-electron chi connectivity index (χ0n) is 7.60. The Morgan fingerprint density at radius 3 is 3.00 bits per heavy atom. The molecule has 1 atom stereocenters. The van der Waals surface area contributed by atoms with Crippen molar-refractivity contribution >= 4 is 5.91 Å². The van der Waals surface area contributed by atoms with Crippen molar-refractivity contribution in [3.8, 4) is 0 Å². The third kappa shape index (κ3) is 1.88. The highest BCUT2D eigenvalue weighted by atomic mass is 16.2. The third-order valence-corrected chi connectivity index (χ3v) is 2.22. The Bertz CT molecular complexity index is 290. The van der Waals surface area contributed by atoms with Crippen molar-refractivity contribution in [1.29, 1.82) is 0 Å². The van der Waals surface area contributed by atoms with Crippen LogP contribution in [0.5, 0.6) is 0 Å². The van der Waals surface area contributed by atoms with Crippen molar-refractivity contribution in [3.63, 3.8) is 0 Å². The average Bonchev–Trinajstić information content (AvgIpc) is 2.78. The SMILES string of the molecule is CC(C(=O)NC1CC1)n1cccn1. The zero-order chi connectivity index (χ0) is 9.26. The van der Waals surface area contributed by atoms with E-state index in [0.29, 0.717) is 6.04 Å². The Morgan fingerprint density at radius 2 is 2.46 bits per heavy atom. The lowest BCUT2D eigenvalue weighted by Crippen LogP contribution is -2.32. The largest absolute Gasteiger partial charge is 0.352 e. The highest BCUT2D eigenvalue weighted by Crippen LogP contribution is 2.19. The van der Waals surface area contributed by atoms with E-state index in [2.05, 4.69) is 10.4 Å². The minimum absolute atomic E-state index is 0.0613. The molecule has 1 fully saturated rings. The maximum atomic E-state index is 11.5. The van der Waals surface area contributed by atoms with Crippen molar-refractivity contribution in [1.82, 2.24) is 15.1 Å². The fourth-order valence-corrected chi connectivity index (χ4v) is 1.18. The lowest BCUT2D eigenvalue weighted by molar-refractivity contribution is -0.124. The van der Waals surface area contributed by atoms with E-state index in [-0.39, 0.29) is 11.9 Å². The van der Waals surface area contributed by atoms with Crippen molar-refractivity contribution in [2.45, 2.75) is 31.8 Å². The first-order valence-corrected chi connectivity index (χ1v) is 4.57. The summed E-state index contributed by atoms with van der Waals surface area (Å²) in [5.74, 6) is 0.0613. The van der Waals surface area contributed by atoms with Gasteiger partial charge in [0.2, 0.25) is 5.91 Å². The van der Waals surface area contributed by atoms with Gasteiger partial charge in [-0.15, -0.1) is 0 Å². The van der Waals surface area contributed by atoms with Crippen LogP contribution in [0.15, 0.2) is 18.5 Å². The van der Waals surface area contributed by atoms with Crippen LogP contribution in [0.25, 0.3) is 0 Å². The molecule has 0 radical (unpaired) electrons. The number of hydrogen-bond acceptors (Lipinski definition) is 2. The van der Waals surface area contributed by atoms with Crippen LogP contribution in [0.1, 0.15) is 25.8 Å². The molecule has 1 saturated carbocycles. The van der Waals surface area contributed by atoms with E-state index < -0.39 is 0 Å². The average molecular weight is 179 g/mol. The monoisotopic (exact) mass is 179 g/mol. The van der Waals surface area contributed by atoms with Gasteiger partial charge in [0.05, 0.1) is 0 Å². The second-order valence-corrected chi connectivity index (χ2v) is 3.44. The summed E-state index contributed by atoms with van der Waals surface area (Å²) >= 11 is 0. The summed E-state index contributed by atoms with van der Waals surface area (Å²) in [5, 5.41) is 6.96. The molecule has 4 heteroatoms. The number of aromatic nitrogens is 2. The lowest BCUT2D eigenvalue weighted by Gasteiger charge is -2.11. The lowest BCUT2D eigenvalue weighted by atomic mass is 10.3. The molecule has 4 nitrogen and oxygen atoms in total. The van der Waals surface area contributed by atoms with Gasteiger partial charge in [0.25, 0.3) is 0 Å². The summed E-state index contributed by atoms with van der Waals surface area (Å²) in [4.78, 5) is 11.5. The van der Waals surface area contributed by atoms with Crippen molar-refractivity contribution < 1.29 is 4.79 Å². The summed E-state index contributed by atoms with van der Waals surface area (Å²) in [7, 11) is 0. The van der Waals surface area contributed by atoms with Gasteiger partial charge in [0.1, 0.15) is 6.04 Å². The molecule has 1 aromatic rings. The molecule has 1 aromatic heterocycles. The molecule has 70 valence electrons. The number of carbonyl (C=O) groups excluding carboxylic acids is 1. The molecule has 1 amide bonds. The molecule has 2 rings (SSSR count). The minimum atomic E-state index is -0.199. The Labute approximate surface area is 76.9 Å². The molecule has 1 aliphatic rings.